The van der Waals surface area contributed by atoms with Crippen LogP contribution in [0.3, 0.4) is 0 Å². The number of ether oxygens (including phenoxy) is 2. The van der Waals surface area contributed by atoms with E-state index in [1.807, 2.05) is 22.4 Å². The number of amides is 1. The van der Waals surface area contributed by atoms with Crippen LogP contribution in [0.2, 0.25) is 5.02 Å². The highest BCUT2D eigenvalue weighted by Gasteiger charge is 2.41. The van der Waals surface area contributed by atoms with Gasteiger partial charge in [0, 0.05) is 23.8 Å². The zero-order valence-corrected chi connectivity index (χ0v) is 22.5. The highest BCUT2D eigenvalue weighted by molar-refractivity contribution is 8.16. The Morgan fingerprint density at radius 3 is 2.54 bits per heavy atom. The first-order chi connectivity index (χ1) is 17.8. The smallest absolute Gasteiger partial charge is 0.338 e. The van der Waals surface area contributed by atoms with Crippen LogP contribution in [0, 0.1) is 5.92 Å². The molecule has 1 aromatic carbocycles. The number of hydrogen-bond donors (Lipinski definition) is 0. The van der Waals surface area contributed by atoms with Crippen LogP contribution in [-0.4, -0.2) is 59.1 Å². The number of aliphatic imine (C=N–C) groups is 1. The molecule has 3 heterocycles. The van der Waals surface area contributed by atoms with E-state index in [9.17, 15) is 14.4 Å². The Kier molecular flexibility index (Phi) is 8.76. The van der Waals surface area contributed by atoms with Gasteiger partial charge in [0.2, 0.25) is 5.91 Å². The number of benzene rings is 1. The Hall–Kier alpha value is -3.04. The second-order valence-electron chi connectivity index (χ2n) is 8.92. The monoisotopic (exact) mass is 543 g/mol. The predicted octanol–water partition coefficient (Wildman–Crippen LogP) is 4.84. The third-order valence-corrected chi connectivity index (χ3v) is 7.68. The maximum atomic E-state index is 13.3. The molecule has 0 aromatic heterocycles. The third-order valence-electron chi connectivity index (χ3n) is 6.54. The molecule has 0 bridgehead atoms. The summed E-state index contributed by atoms with van der Waals surface area (Å²) in [5, 5.41) is 3.19. The van der Waals surface area contributed by atoms with Crippen molar-refractivity contribution < 1.29 is 23.9 Å². The molecule has 3 aliphatic heterocycles. The Balaban J connectivity index is 1.55. The lowest BCUT2D eigenvalue weighted by atomic mass is 9.93. The fraction of sp³-hybridized carbons (Fsp3) is 0.407. The van der Waals surface area contributed by atoms with Crippen molar-refractivity contribution in [3.05, 3.63) is 69.9 Å². The number of fused-ring (bicyclic) bond motifs is 1. The molecule has 1 unspecified atom stereocenters. The number of carbonyl (C=O) groups excluding carboxylic acids is 3. The predicted molar refractivity (Wildman–Crippen MR) is 144 cm³/mol. The number of allylic oxidation sites excluding steroid dienone is 1. The van der Waals surface area contributed by atoms with Crippen molar-refractivity contribution in [1.82, 2.24) is 9.80 Å². The summed E-state index contributed by atoms with van der Waals surface area (Å²) >= 11 is 7.57. The Morgan fingerprint density at radius 2 is 1.89 bits per heavy atom. The standard InChI is InChI=1S/C27H30ClN3O5S/c1-4-14-36-26(34)23-17(3)29-27-31(24(23)18-6-8-20(28)9-7-18)21(16-37-27)15-22(32)30-12-10-19(11-13-30)25(33)35-5-2/h4,6-9,16,19,24H,1,5,10-15H2,2-3H3. The SMILES string of the molecule is C=CCOC(=O)C1=C(C)N=C2SC=C(CC(=O)N3CCC(C(=O)OCC)CC3)N2C1c1ccc(Cl)cc1. The second-order valence-corrected chi connectivity index (χ2v) is 10.2. The summed E-state index contributed by atoms with van der Waals surface area (Å²) in [6, 6.07) is 6.76. The summed E-state index contributed by atoms with van der Waals surface area (Å²) in [5.74, 6) is -0.879. The Morgan fingerprint density at radius 1 is 1.19 bits per heavy atom. The number of hydrogen-bond acceptors (Lipinski definition) is 8. The lowest BCUT2D eigenvalue weighted by Crippen LogP contribution is -2.42. The molecule has 8 nitrogen and oxygen atoms in total. The third kappa shape index (κ3) is 5.93. The quantitative estimate of drug-likeness (QED) is 0.342. The summed E-state index contributed by atoms with van der Waals surface area (Å²) in [5.41, 5.74) is 2.55. The van der Waals surface area contributed by atoms with Crippen LogP contribution in [0.4, 0.5) is 0 Å². The van der Waals surface area contributed by atoms with Crippen LogP contribution < -0.4 is 0 Å². The average Bonchev–Trinajstić information content (AvgIpc) is 3.29. The molecule has 0 radical (unpaired) electrons. The first-order valence-electron chi connectivity index (χ1n) is 12.3. The number of thioether (sulfide) groups is 1. The zero-order valence-electron chi connectivity index (χ0n) is 20.9. The van der Waals surface area contributed by atoms with Gasteiger partial charge in [-0.15, -0.1) is 0 Å². The molecular formula is C27H30ClN3O5S. The topological polar surface area (TPSA) is 88.5 Å². The maximum absolute atomic E-state index is 13.3. The van der Waals surface area contributed by atoms with Gasteiger partial charge in [-0.05, 0) is 49.8 Å². The van der Waals surface area contributed by atoms with Crippen LogP contribution >= 0.6 is 23.4 Å². The van der Waals surface area contributed by atoms with Crippen molar-refractivity contribution in [2.24, 2.45) is 10.9 Å². The first-order valence-corrected chi connectivity index (χ1v) is 13.5. The molecule has 196 valence electrons. The van der Waals surface area contributed by atoms with Crippen LogP contribution in [0.5, 0.6) is 0 Å². The molecule has 1 fully saturated rings. The van der Waals surface area contributed by atoms with Gasteiger partial charge in [-0.1, -0.05) is 48.2 Å². The summed E-state index contributed by atoms with van der Waals surface area (Å²) in [7, 11) is 0. The minimum absolute atomic E-state index is 0.0349. The summed E-state index contributed by atoms with van der Waals surface area (Å²) in [4.78, 5) is 46.9. The summed E-state index contributed by atoms with van der Waals surface area (Å²) in [6.07, 6.45) is 2.84. The highest BCUT2D eigenvalue weighted by Crippen LogP contribution is 2.45. The Labute approximate surface area is 226 Å². The van der Waals surface area contributed by atoms with E-state index in [4.69, 9.17) is 21.1 Å². The lowest BCUT2D eigenvalue weighted by molar-refractivity contribution is -0.151. The van der Waals surface area contributed by atoms with Crippen LogP contribution in [0.25, 0.3) is 0 Å². The van der Waals surface area contributed by atoms with Crippen molar-refractivity contribution in [1.29, 1.82) is 0 Å². The number of carbonyl (C=O) groups is 3. The second kappa shape index (κ2) is 12.0. The van der Waals surface area contributed by atoms with Crippen molar-refractivity contribution in [3.63, 3.8) is 0 Å². The van der Waals surface area contributed by atoms with Gasteiger partial charge in [-0.3, -0.25) is 9.59 Å². The summed E-state index contributed by atoms with van der Waals surface area (Å²) in [6.45, 7) is 8.64. The van der Waals surface area contributed by atoms with Gasteiger partial charge >= 0.3 is 11.9 Å². The number of esters is 2. The molecule has 1 aromatic rings. The average molecular weight is 544 g/mol. The van der Waals surface area contributed by atoms with Gasteiger partial charge < -0.3 is 19.3 Å². The molecule has 0 saturated carbocycles. The van der Waals surface area contributed by atoms with Crippen molar-refractivity contribution in [2.45, 2.75) is 39.2 Å². The van der Waals surface area contributed by atoms with Gasteiger partial charge in [0.15, 0.2) is 5.17 Å². The molecule has 37 heavy (non-hydrogen) atoms. The lowest BCUT2D eigenvalue weighted by Gasteiger charge is -2.37. The number of likely N-dealkylation sites (tertiary alicyclic amines) is 1. The van der Waals surface area contributed by atoms with E-state index in [0.29, 0.717) is 54.0 Å². The molecule has 4 rings (SSSR count). The van der Waals surface area contributed by atoms with E-state index in [2.05, 4.69) is 11.6 Å². The van der Waals surface area contributed by atoms with Gasteiger partial charge in [-0.2, -0.15) is 0 Å². The number of halogens is 1. The minimum atomic E-state index is -0.523. The molecule has 3 aliphatic rings. The normalized spacial score (nSPS) is 19.7. The van der Waals surface area contributed by atoms with Crippen molar-refractivity contribution in [2.75, 3.05) is 26.3 Å². The van der Waals surface area contributed by atoms with Crippen LogP contribution in [0.15, 0.2) is 64.3 Å². The van der Waals surface area contributed by atoms with Gasteiger partial charge in [0.05, 0.1) is 36.3 Å². The van der Waals surface area contributed by atoms with E-state index in [1.165, 1.54) is 17.8 Å². The number of amidine groups is 1. The Bertz CT molecular complexity index is 1170. The number of nitrogens with zero attached hydrogens (tertiary/aromatic N) is 3. The number of piperidine rings is 1. The van der Waals surface area contributed by atoms with E-state index in [-0.39, 0.29) is 30.8 Å². The minimum Gasteiger partial charge on any atom is -0.466 e. The van der Waals surface area contributed by atoms with Gasteiger partial charge in [0.1, 0.15) is 6.61 Å². The zero-order chi connectivity index (χ0) is 26.5. The number of rotatable bonds is 8. The van der Waals surface area contributed by atoms with Gasteiger partial charge in [-0.25, -0.2) is 9.79 Å². The maximum Gasteiger partial charge on any atom is 0.338 e. The van der Waals surface area contributed by atoms with Crippen molar-refractivity contribution >= 4 is 46.4 Å². The molecule has 1 amide bonds. The molecule has 1 atom stereocenters. The molecular weight excluding hydrogens is 514 g/mol. The molecule has 10 heteroatoms. The first kappa shape index (κ1) is 27.0. The fourth-order valence-electron chi connectivity index (χ4n) is 4.70. The van der Waals surface area contributed by atoms with E-state index >= 15 is 0 Å². The fourth-order valence-corrected chi connectivity index (χ4v) is 5.79. The largest absolute Gasteiger partial charge is 0.466 e. The summed E-state index contributed by atoms with van der Waals surface area (Å²) < 4.78 is 10.5. The van der Waals surface area contributed by atoms with E-state index in [0.717, 1.165) is 11.3 Å². The van der Waals surface area contributed by atoms with E-state index < -0.39 is 12.0 Å². The highest BCUT2D eigenvalue weighted by atomic mass is 35.5. The molecule has 0 aliphatic carbocycles. The van der Waals surface area contributed by atoms with Crippen LogP contribution in [-0.2, 0) is 23.9 Å². The van der Waals surface area contributed by atoms with Crippen LogP contribution in [0.1, 0.15) is 44.7 Å². The van der Waals surface area contributed by atoms with Gasteiger partial charge in [0.25, 0.3) is 0 Å². The van der Waals surface area contributed by atoms with Crippen molar-refractivity contribution in [3.8, 4) is 0 Å². The molecule has 0 spiro atoms. The van der Waals surface area contributed by atoms with E-state index in [1.54, 1.807) is 30.9 Å². The molecule has 1 saturated heterocycles. The molecule has 0 N–H and O–H groups in total.